The molecule has 24 heavy (non-hydrogen) atoms. The van der Waals surface area contributed by atoms with E-state index in [4.69, 9.17) is 0 Å². The van der Waals surface area contributed by atoms with Gasteiger partial charge in [-0.3, -0.25) is 5.10 Å². The second kappa shape index (κ2) is 4.95. The van der Waals surface area contributed by atoms with Crippen molar-refractivity contribution >= 4 is 22.1 Å². The van der Waals surface area contributed by atoms with E-state index < -0.39 is 0 Å². The molecular formula is C17H11N7. The summed E-state index contributed by atoms with van der Waals surface area (Å²) in [6.45, 7) is 0. The van der Waals surface area contributed by atoms with Crippen molar-refractivity contribution < 1.29 is 0 Å². The molecule has 5 rings (SSSR count). The number of aromatic nitrogens is 7. The first-order chi connectivity index (χ1) is 11.9. The molecule has 0 unspecified atom stereocenters. The van der Waals surface area contributed by atoms with Gasteiger partial charge in [-0.1, -0.05) is 0 Å². The predicted molar refractivity (Wildman–Crippen MR) is 90.0 cm³/mol. The van der Waals surface area contributed by atoms with E-state index in [1.165, 1.54) is 6.33 Å². The van der Waals surface area contributed by atoms with Crippen LogP contribution in [0, 0.1) is 0 Å². The van der Waals surface area contributed by atoms with Crippen LogP contribution in [0.1, 0.15) is 0 Å². The van der Waals surface area contributed by atoms with Crippen LogP contribution in [-0.2, 0) is 0 Å². The highest BCUT2D eigenvalue weighted by Gasteiger charge is 2.13. The Hall–Kier alpha value is -3.61. The Kier molecular flexibility index (Phi) is 2.66. The van der Waals surface area contributed by atoms with E-state index in [0.29, 0.717) is 0 Å². The minimum atomic E-state index is 0.734. The Morgan fingerprint density at radius 3 is 2.67 bits per heavy atom. The standard InChI is InChI=1S/C17H11N7/c1-2-10-5-14(22-16(10)20-3-1)15-13-4-11(8-21-17(13)24-23-15)12-6-18-9-19-7-12/h1-9H,(H,20,22)(H,21,23,24). The smallest absolute Gasteiger partial charge is 0.155 e. The molecule has 5 heterocycles. The van der Waals surface area contributed by atoms with Crippen molar-refractivity contribution in [1.82, 2.24) is 35.1 Å². The molecule has 5 aromatic heterocycles. The van der Waals surface area contributed by atoms with Gasteiger partial charge in [0.05, 0.1) is 5.69 Å². The number of rotatable bonds is 2. The van der Waals surface area contributed by atoms with Gasteiger partial charge < -0.3 is 4.98 Å². The van der Waals surface area contributed by atoms with Crippen LogP contribution >= 0.6 is 0 Å². The molecule has 0 aliphatic heterocycles. The molecule has 7 heteroatoms. The van der Waals surface area contributed by atoms with Gasteiger partial charge in [0.1, 0.15) is 17.7 Å². The molecule has 114 valence electrons. The molecule has 7 nitrogen and oxygen atoms in total. The third-order valence-electron chi connectivity index (χ3n) is 3.96. The third kappa shape index (κ3) is 1.95. The number of H-pyrrole nitrogens is 2. The lowest BCUT2D eigenvalue weighted by atomic mass is 10.1. The van der Waals surface area contributed by atoms with Crippen LogP contribution in [0.5, 0.6) is 0 Å². The van der Waals surface area contributed by atoms with Crippen LogP contribution in [0.15, 0.2) is 55.4 Å². The quantitative estimate of drug-likeness (QED) is 0.522. The summed E-state index contributed by atoms with van der Waals surface area (Å²) < 4.78 is 0. The Labute approximate surface area is 135 Å². The Morgan fingerprint density at radius 2 is 1.79 bits per heavy atom. The number of aromatic amines is 2. The number of nitrogens with zero attached hydrogens (tertiary/aromatic N) is 5. The van der Waals surface area contributed by atoms with Crippen molar-refractivity contribution in [1.29, 1.82) is 0 Å². The minimum absolute atomic E-state index is 0.734. The first-order valence-electron chi connectivity index (χ1n) is 7.42. The van der Waals surface area contributed by atoms with Crippen LogP contribution in [-0.4, -0.2) is 35.1 Å². The van der Waals surface area contributed by atoms with Crippen molar-refractivity contribution in [3.8, 4) is 22.5 Å². The number of nitrogens with one attached hydrogen (secondary N) is 2. The highest BCUT2D eigenvalue weighted by molar-refractivity contribution is 5.95. The van der Waals surface area contributed by atoms with Crippen molar-refractivity contribution in [3.63, 3.8) is 0 Å². The summed E-state index contributed by atoms with van der Waals surface area (Å²) in [6, 6.07) is 8.01. The fourth-order valence-corrected chi connectivity index (χ4v) is 2.80. The molecule has 0 saturated heterocycles. The van der Waals surface area contributed by atoms with Crippen molar-refractivity contribution in [2.45, 2.75) is 0 Å². The van der Waals surface area contributed by atoms with Gasteiger partial charge in [-0.15, -0.1) is 0 Å². The maximum atomic E-state index is 4.45. The topological polar surface area (TPSA) is 96.0 Å². The summed E-state index contributed by atoms with van der Waals surface area (Å²) in [5.41, 5.74) is 5.14. The highest BCUT2D eigenvalue weighted by atomic mass is 15.2. The maximum Gasteiger partial charge on any atom is 0.155 e. The Morgan fingerprint density at radius 1 is 0.875 bits per heavy atom. The average Bonchev–Trinajstić information content (AvgIpc) is 3.25. The first kappa shape index (κ1) is 12.9. The maximum absolute atomic E-state index is 4.45. The van der Waals surface area contributed by atoms with Gasteiger partial charge in [-0.2, -0.15) is 5.10 Å². The van der Waals surface area contributed by atoms with Crippen LogP contribution in [0.2, 0.25) is 0 Å². The monoisotopic (exact) mass is 313 g/mol. The van der Waals surface area contributed by atoms with Crippen LogP contribution in [0.4, 0.5) is 0 Å². The van der Waals surface area contributed by atoms with E-state index in [9.17, 15) is 0 Å². The van der Waals surface area contributed by atoms with Gasteiger partial charge in [-0.05, 0) is 24.3 Å². The fourth-order valence-electron chi connectivity index (χ4n) is 2.80. The molecule has 0 aliphatic rings. The van der Waals surface area contributed by atoms with Crippen LogP contribution in [0.3, 0.4) is 0 Å². The highest BCUT2D eigenvalue weighted by Crippen LogP contribution is 2.29. The molecule has 5 aromatic rings. The summed E-state index contributed by atoms with van der Waals surface area (Å²) >= 11 is 0. The number of hydrogen-bond acceptors (Lipinski definition) is 5. The summed E-state index contributed by atoms with van der Waals surface area (Å²) in [6.07, 6.45) is 8.59. The second-order valence-electron chi connectivity index (χ2n) is 5.44. The van der Waals surface area contributed by atoms with Gasteiger partial charge >= 0.3 is 0 Å². The fraction of sp³-hybridized carbons (Fsp3) is 0. The first-order valence-corrected chi connectivity index (χ1v) is 7.42. The molecular weight excluding hydrogens is 302 g/mol. The third-order valence-corrected chi connectivity index (χ3v) is 3.96. The van der Waals surface area contributed by atoms with Crippen LogP contribution < -0.4 is 0 Å². The summed E-state index contributed by atoms with van der Waals surface area (Å²) in [4.78, 5) is 20.2. The molecule has 0 aliphatic carbocycles. The lowest BCUT2D eigenvalue weighted by Gasteiger charge is -2.00. The van der Waals surface area contributed by atoms with Gasteiger partial charge in [0.2, 0.25) is 0 Å². The lowest BCUT2D eigenvalue weighted by Crippen LogP contribution is -1.85. The number of pyridine rings is 2. The second-order valence-corrected chi connectivity index (χ2v) is 5.44. The molecule has 2 N–H and O–H groups in total. The molecule has 0 atom stereocenters. The Bertz CT molecular complexity index is 1120. The summed E-state index contributed by atoms with van der Waals surface area (Å²) in [7, 11) is 0. The molecule has 0 saturated carbocycles. The molecule has 0 radical (unpaired) electrons. The SMILES string of the molecule is c1cnc2[nH]c(-c3n[nH]c4ncc(-c5cncnc5)cc34)cc2c1. The van der Waals surface area contributed by atoms with E-state index >= 15 is 0 Å². The lowest BCUT2D eigenvalue weighted by molar-refractivity contribution is 1.10. The molecule has 0 fully saturated rings. The molecule has 0 amide bonds. The average molecular weight is 313 g/mol. The molecule has 0 bridgehead atoms. The van der Waals surface area contributed by atoms with Crippen molar-refractivity contribution in [3.05, 3.63) is 55.4 Å². The summed E-state index contributed by atoms with van der Waals surface area (Å²) in [5.74, 6) is 0. The summed E-state index contributed by atoms with van der Waals surface area (Å²) in [5, 5.41) is 9.37. The largest absolute Gasteiger partial charge is 0.338 e. The van der Waals surface area contributed by atoms with Gasteiger partial charge in [0, 0.05) is 46.7 Å². The zero-order valence-corrected chi connectivity index (χ0v) is 12.4. The molecule has 0 spiro atoms. The zero-order chi connectivity index (χ0) is 15.9. The van der Waals surface area contributed by atoms with Crippen molar-refractivity contribution in [2.75, 3.05) is 0 Å². The van der Waals surface area contributed by atoms with E-state index in [1.54, 1.807) is 24.8 Å². The van der Waals surface area contributed by atoms with Crippen LogP contribution in [0.25, 0.3) is 44.6 Å². The van der Waals surface area contributed by atoms with Gasteiger partial charge in [0.15, 0.2) is 5.65 Å². The molecule has 0 aromatic carbocycles. The minimum Gasteiger partial charge on any atom is -0.338 e. The van der Waals surface area contributed by atoms with Gasteiger partial charge in [0.25, 0.3) is 0 Å². The van der Waals surface area contributed by atoms with E-state index in [-0.39, 0.29) is 0 Å². The zero-order valence-electron chi connectivity index (χ0n) is 12.4. The predicted octanol–water partition coefficient (Wildman–Crippen LogP) is 2.96. The van der Waals surface area contributed by atoms with E-state index in [0.717, 1.165) is 44.6 Å². The van der Waals surface area contributed by atoms with E-state index in [2.05, 4.69) is 35.1 Å². The number of hydrogen-bond donors (Lipinski definition) is 2. The number of fused-ring (bicyclic) bond motifs is 2. The van der Waals surface area contributed by atoms with Crippen molar-refractivity contribution in [2.24, 2.45) is 0 Å². The Balaban J connectivity index is 1.71. The van der Waals surface area contributed by atoms with E-state index in [1.807, 2.05) is 24.3 Å². The van der Waals surface area contributed by atoms with Gasteiger partial charge in [-0.25, -0.2) is 19.9 Å². The normalized spacial score (nSPS) is 11.3.